The number of aromatic nitrogens is 2. The first-order valence-electron chi connectivity index (χ1n) is 10.3. The Hall–Kier alpha value is -2.67. The van der Waals surface area contributed by atoms with Crippen molar-refractivity contribution in [3.63, 3.8) is 0 Å². The van der Waals surface area contributed by atoms with Crippen LogP contribution in [0, 0.1) is 6.92 Å². The lowest BCUT2D eigenvalue weighted by Crippen LogP contribution is -2.48. The zero-order valence-electron chi connectivity index (χ0n) is 17.5. The van der Waals surface area contributed by atoms with E-state index in [1.807, 2.05) is 55.1 Å². The summed E-state index contributed by atoms with van der Waals surface area (Å²) in [6, 6.07) is 10.2. The molecule has 154 valence electrons. The Kier molecular flexibility index (Phi) is 5.41. The van der Waals surface area contributed by atoms with Gasteiger partial charge in [-0.25, -0.2) is 0 Å². The minimum absolute atomic E-state index is 0.0306. The van der Waals surface area contributed by atoms with Crippen molar-refractivity contribution >= 4 is 17.5 Å². The van der Waals surface area contributed by atoms with Crippen molar-refractivity contribution < 1.29 is 9.59 Å². The average molecular weight is 396 g/mol. The van der Waals surface area contributed by atoms with Gasteiger partial charge in [0.05, 0.1) is 6.54 Å². The summed E-state index contributed by atoms with van der Waals surface area (Å²) in [6.45, 7) is 4.81. The summed E-state index contributed by atoms with van der Waals surface area (Å²) in [7, 11) is 3.71. The summed E-state index contributed by atoms with van der Waals surface area (Å²) in [6.07, 6.45) is 2.68. The highest BCUT2D eigenvalue weighted by Crippen LogP contribution is 2.27. The number of amides is 2. The standard InChI is InChI=1S/C22H29N5O2/c1-16-14-19(23-25(16)3)22(29)24(2)18-9-11-26(12-10-18)15-21(28)27-13-8-17-6-4-5-7-20(17)27/h4-7,14,18H,8-13,15H2,1-3H3. The summed E-state index contributed by atoms with van der Waals surface area (Å²) in [4.78, 5) is 31.5. The predicted octanol–water partition coefficient (Wildman–Crippen LogP) is 1.85. The molecule has 1 saturated heterocycles. The number of anilines is 1. The van der Waals surface area contributed by atoms with Gasteiger partial charge >= 0.3 is 0 Å². The number of nitrogens with zero attached hydrogens (tertiary/aromatic N) is 5. The van der Waals surface area contributed by atoms with E-state index in [2.05, 4.69) is 16.1 Å². The second-order valence-electron chi connectivity index (χ2n) is 8.14. The normalized spacial score (nSPS) is 17.4. The van der Waals surface area contributed by atoms with Crippen LogP contribution >= 0.6 is 0 Å². The minimum Gasteiger partial charge on any atom is -0.337 e. The Balaban J connectivity index is 1.30. The molecule has 0 spiro atoms. The van der Waals surface area contributed by atoms with Gasteiger partial charge in [0.2, 0.25) is 5.91 Å². The highest BCUT2D eigenvalue weighted by atomic mass is 16.2. The van der Waals surface area contributed by atoms with E-state index >= 15 is 0 Å². The van der Waals surface area contributed by atoms with Crippen molar-refractivity contribution in [3.8, 4) is 0 Å². The first-order chi connectivity index (χ1) is 13.9. The highest BCUT2D eigenvalue weighted by molar-refractivity contribution is 5.96. The van der Waals surface area contributed by atoms with Crippen molar-refractivity contribution in [2.45, 2.75) is 32.2 Å². The summed E-state index contributed by atoms with van der Waals surface area (Å²) >= 11 is 0. The van der Waals surface area contributed by atoms with Gasteiger partial charge in [-0.3, -0.25) is 19.2 Å². The number of benzene rings is 1. The Labute approximate surface area is 171 Å². The molecule has 4 rings (SSSR count). The average Bonchev–Trinajstić information content (AvgIpc) is 3.31. The van der Waals surface area contributed by atoms with E-state index in [0.717, 1.165) is 50.3 Å². The molecule has 0 saturated carbocycles. The lowest BCUT2D eigenvalue weighted by molar-refractivity contribution is -0.120. The fourth-order valence-electron chi connectivity index (χ4n) is 4.35. The van der Waals surface area contributed by atoms with Crippen LogP contribution in [-0.4, -0.2) is 70.7 Å². The van der Waals surface area contributed by atoms with Crippen molar-refractivity contribution in [1.29, 1.82) is 0 Å². The van der Waals surface area contributed by atoms with Crippen LogP contribution in [0.3, 0.4) is 0 Å². The van der Waals surface area contributed by atoms with Gasteiger partial charge in [-0.15, -0.1) is 0 Å². The number of rotatable bonds is 4. The van der Waals surface area contributed by atoms with E-state index in [9.17, 15) is 9.59 Å². The fraction of sp³-hybridized carbons (Fsp3) is 0.500. The summed E-state index contributed by atoms with van der Waals surface area (Å²) < 4.78 is 1.73. The molecule has 7 nitrogen and oxygen atoms in total. The molecular weight excluding hydrogens is 366 g/mol. The molecule has 0 N–H and O–H groups in total. The van der Waals surface area contributed by atoms with Crippen LogP contribution in [0.4, 0.5) is 5.69 Å². The first kappa shape index (κ1) is 19.6. The zero-order chi connectivity index (χ0) is 20.5. The number of carbonyl (C=O) groups is 2. The Bertz CT molecular complexity index is 894. The van der Waals surface area contributed by atoms with E-state index < -0.39 is 0 Å². The van der Waals surface area contributed by atoms with Gasteiger partial charge in [-0.05, 0) is 43.9 Å². The number of para-hydroxylation sites is 1. The third-order valence-corrected chi connectivity index (χ3v) is 6.31. The van der Waals surface area contributed by atoms with Crippen molar-refractivity contribution in [2.24, 2.45) is 7.05 Å². The van der Waals surface area contributed by atoms with Crippen molar-refractivity contribution in [1.82, 2.24) is 19.6 Å². The smallest absolute Gasteiger partial charge is 0.274 e. The summed E-state index contributed by atoms with van der Waals surface area (Å²) in [5, 5.41) is 4.31. The number of fused-ring (bicyclic) bond motifs is 1. The van der Waals surface area contributed by atoms with Crippen molar-refractivity contribution in [3.05, 3.63) is 47.3 Å². The SMILES string of the molecule is Cc1cc(C(=O)N(C)C2CCN(CC(=O)N3CCc4ccccc43)CC2)nn1C. The third kappa shape index (κ3) is 3.92. The maximum atomic E-state index is 12.8. The van der Waals surface area contributed by atoms with E-state index in [1.165, 1.54) is 5.56 Å². The topological polar surface area (TPSA) is 61.7 Å². The van der Waals surface area contributed by atoms with Crippen LogP contribution in [0.15, 0.2) is 30.3 Å². The Morgan fingerprint density at radius 2 is 1.90 bits per heavy atom. The van der Waals surface area contributed by atoms with Gasteiger partial charge in [0.25, 0.3) is 5.91 Å². The zero-order valence-corrected chi connectivity index (χ0v) is 17.5. The van der Waals surface area contributed by atoms with Gasteiger partial charge in [-0.2, -0.15) is 5.10 Å². The molecule has 1 fully saturated rings. The molecule has 2 aromatic rings. The van der Waals surface area contributed by atoms with Gasteiger partial charge in [0.15, 0.2) is 5.69 Å². The van der Waals surface area contributed by atoms with E-state index in [0.29, 0.717) is 12.2 Å². The number of piperidine rings is 1. The quantitative estimate of drug-likeness (QED) is 0.793. The molecule has 0 atom stereocenters. The number of aryl methyl sites for hydroxylation is 2. The molecule has 0 radical (unpaired) electrons. The number of carbonyl (C=O) groups excluding carboxylic acids is 2. The molecule has 3 heterocycles. The molecule has 0 aliphatic carbocycles. The van der Waals surface area contributed by atoms with Crippen LogP contribution in [0.25, 0.3) is 0 Å². The van der Waals surface area contributed by atoms with Crippen LogP contribution in [0.1, 0.15) is 34.6 Å². The monoisotopic (exact) mass is 395 g/mol. The predicted molar refractivity (Wildman–Crippen MR) is 112 cm³/mol. The van der Waals surface area contributed by atoms with Gasteiger partial charge in [0, 0.05) is 51.2 Å². The number of likely N-dealkylation sites (tertiary alicyclic amines) is 1. The van der Waals surface area contributed by atoms with Crippen molar-refractivity contribution in [2.75, 3.05) is 38.1 Å². The second kappa shape index (κ2) is 7.99. The van der Waals surface area contributed by atoms with Crippen LogP contribution in [0.5, 0.6) is 0 Å². The molecular formula is C22H29N5O2. The second-order valence-corrected chi connectivity index (χ2v) is 8.14. The highest BCUT2D eigenvalue weighted by Gasteiger charge is 2.30. The largest absolute Gasteiger partial charge is 0.337 e. The molecule has 2 amide bonds. The van der Waals surface area contributed by atoms with Gasteiger partial charge in [-0.1, -0.05) is 18.2 Å². The molecule has 29 heavy (non-hydrogen) atoms. The maximum absolute atomic E-state index is 12.8. The lowest BCUT2D eigenvalue weighted by atomic mass is 10.0. The number of hydrogen-bond acceptors (Lipinski definition) is 4. The van der Waals surface area contributed by atoms with Crippen LogP contribution < -0.4 is 4.90 Å². The molecule has 0 unspecified atom stereocenters. The molecule has 2 aliphatic rings. The Morgan fingerprint density at radius 3 is 2.59 bits per heavy atom. The molecule has 0 bridgehead atoms. The number of hydrogen-bond donors (Lipinski definition) is 0. The minimum atomic E-state index is -0.0306. The molecule has 7 heteroatoms. The lowest BCUT2D eigenvalue weighted by Gasteiger charge is -2.36. The molecule has 1 aromatic heterocycles. The van der Waals surface area contributed by atoms with Crippen LogP contribution in [0.2, 0.25) is 0 Å². The van der Waals surface area contributed by atoms with E-state index in [4.69, 9.17) is 0 Å². The van der Waals surface area contributed by atoms with E-state index in [1.54, 1.807) is 4.68 Å². The summed E-state index contributed by atoms with van der Waals surface area (Å²) in [5.74, 6) is 0.138. The maximum Gasteiger partial charge on any atom is 0.274 e. The van der Waals surface area contributed by atoms with Gasteiger partial charge < -0.3 is 9.80 Å². The third-order valence-electron chi connectivity index (χ3n) is 6.31. The molecule has 1 aromatic carbocycles. The van der Waals surface area contributed by atoms with E-state index in [-0.39, 0.29) is 17.9 Å². The fourth-order valence-corrected chi connectivity index (χ4v) is 4.35. The van der Waals surface area contributed by atoms with Gasteiger partial charge in [0.1, 0.15) is 0 Å². The van der Waals surface area contributed by atoms with Crippen LogP contribution in [-0.2, 0) is 18.3 Å². The first-order valence-corrected chi connectivity index (χ1v) is 10.3. The summed E-state index contributed by atoms with van der Waals surface area (Å²) in [5.41, 5.74) is 3.78. The Morgan fingerprint density at radius 1 is 1.17 bits per heavy atom. The molecule has 2 aliphatic heterocycles.